The molecule has 44 heavy (non-hydrogen) atoms. The van der Waals surface area contributed by atoms with Gasteiger partial charge < -0.3 is 20.0 Å². The van der Waals surface area contributed by atoms with Crippen molar-refractivity contribution in [1.29, 1.82) is 0 Å². The lowest BCUT2D eigenvalue weighted by Gasteiger charge is -2.58. The molecule has 4 fully saturated rings. The number of ether oxygens (including phenoxy) is 1. The van der Waals surface area contributed by atoms with Crippen molar-refractivity contribution in [2.45, 2.75) is 115 Å². The van der Waals surface area contributed by atoms with Gasteiger partial charge in [-0.1, -0.05) is 60.8 Å². The van der Waals surface area contributed by atoms with Gasteiger partial charge in [0, 0.05) is 24.0 Å². The maximum atomic E-state index is 12.7. The summed E-state index contributed by atoms with van der Waals surface area (Å²) in [7, 11) is 0. The summed E-state index contributed by atoms with van der Waals surface area (Å²) >= 11 is 0. The molecule has 6 nitrogen and oxygen atoms in total. The monoisotopic (exact) mass is 600 g/mol. The van der Waals surface area contributed by atoms with Crippen LogP contribution in [0.15, 0.2) is 47.1 Å². The summed E-state index contributed by atoms with van der Waals surface area (Å²) in [5, 5.41) is 18.8. The Labute approximate surface area is 264 Å². The molecule has 2 N–H and O–H groups in total. The van der Waals surface area contributed by atoms with Gasteiger partial charge in [0.25, 0.3) is 5.91 Å². The Morgan fingerprint density at radius 3 is 2.59 bits per heavy atom. The van der Waals surface area contributed by atoms with Gasteiger partial charge in [-0.3, -0.25) is 4.79 Å². The topological polar surface area (TPSA) is 80.2 Å². The van der Waals surface area contributed by atoms with E-state index in [1.54, 1.807) is 0 Å². The molecular weight excluding hydrogens is 548 g/mol. The van der Waals surface area contributed by atoms with Gasteiger partial charge in [0.2, 0.25) is 0 Å². The number of aliphatic hydroxyl groups is 1. The first kappa shape index (κ1) is 31.4. The van der Waals surface area contributed by atoms with Crippen LogP contribution in [0.5, 0.6) is 0 Å². The maximum absolute atomic E-state index is 12.7. The third-order valence-electron chi connectivity index (χ3n) is 12.9. The van der Waals surface area contributed by atoms with Gasteiger partial charge >= 0.3 is 0 Å². The van der Waals surface area contributed by atoms with E-state index in [1.807, 2.05) is 0 Å². The molecule has 0 aromatic heterocycles. The third-order valence-corrected chi connectivity index (χ3v) is 12.9. The average Bonchev–Trinajstić information content (AvgIpc) is 3.28. The smallest absolute Gasteiger partial charge is 0.260 e. The van der Waals surface area contributed by atoms with Crippen LogP contribution in [-0.4, -0.2) is 47.7 Å². The van der Waals surface area contributed by atoms with Crippen LogP contribution >= 0.6 is 0 Å². The van der Waals surface area contributed by atoms with Crippen molar-refractivity contribution < 1.29 is 19.5 Å². The second-order valence-corrected chi connectivity index (χ2v) is 15.6. The van der Waals surface area contributed by atoms with Gasteiger partial charge in [-0.05, 0) is 119 Å². The normalized spacial score (nSPS) is 40.1. The highest BCUT2D eigenvalue weighted by atomic mass is 16.6. The fourth-order valence-corrected chi connectivity index (χ4v) is 10.4. The molecule has 0 bridgehead atoms. The lowest BCUT2D eigenvalue weighted by molar-refractivity contribution is -0.125. The molecule has 0 spiro atoms. The minimum atomic E-state index is -0.958. The van der Waals surface area contributed by atoms with Crippen LogP contribution in [0.3, 0.4) is 0 Å². The van der Waals surface area contributed by atoms with Crippen molar-refractivity contribution in [3.63, 3.8) is 0 Å². The minimum absolute atomic E-state index is 0.0193. The van der Waals surface area contributed by atoms with Crippen molar-refractivity contribution in [1.82, 2.24) is 5.32 Å². The van der Waals surface area contributed by atoms with Crippen LogP contribution in [0, 0.1) is 40.9 Å². The van der Waals surface area contributed by atoms with Crippen molar-refractivity contribution in [2.75, 3.05) is 19.8 Å². The van der Waals surface area contributed by atoms with Gasteiger partial charge in [-0.15, -0.1) is 6.42 Å². The van der Waals surface area contributed by atoms with Crippen molar-refractivity contribution >= 4 is 11.6 Å². The number of hydrogen-bond acceptors (Lipinski definition) is 5. The van der Waals surface area contributed by atoms with Crippen LogP contribution in [0.25, 0.3) is 0 Å². The van der Waals surface area contributed by atoms with E-state index >= 15 is 0 Å². The van der Waals surface area contributed by atoms with Crippen LogP contribution in [0.4, 0.5) is 0 Å². The molecule has 1 aromatic carbocycles. The van der Waals surface area contributed by atoms with Crippen LogP contribution < -0.4 is 5.32 Å². The second kappa shape index (κ2) is 11.6. The molecule has 1 heterocycles. The van der Waals surface area contributed by atoms with Gasteiger partial charge in [-0.25, -0.2) is 0 Å². The SMILES string of the molecule is C#C[C@]1(O)CC[C@@H]2[C@H]3CCC4=CC(=NOCC(=O)NCC[C@@]5(c6ccccc6)CCOC(C)(C)C5)CC[C@]4(C)[C@H]3CC[C@]21C. The number of fused-ring (bicyclic) bond motifs is 5. The number of carbonyl (C=O) groups excluding carboxylic acids is 1. The Balaban J connectivity index is 1.03. The van der Waals surface area contributed by atoms with Gasteiger partial charge in [0.1, 0.15) is 5.60 Å². The molecule has 0 radical (unpaired) electrons. The fraction of sp³-hybridized carbons (Fsp3) is 0.684. The molecule has 1 aromatic rings. The summed E-state index contributed by atoms with van der Waals surface area (Å²) in [6.45, 7) is 10.3. The summed E-state index contributed by atoms with van der Waals surface area (Å²) in [5.74, 6) is 4.39. The number of oxime groups is 1. The number of terminal acetylenes is 1. The lowest BCUT2D eigenvalue weighted by atomic mass is 9.46. The van der Waals surface area contributed by atoms with E-state index < -0.39 is 5.60 Å². The Morgan fingerprint density at radius 1 is 1.07 bits per heavy atom. The highest BCUT2D eigenvalue weighted by molar-refractivity contribution is 5.96. The number of rotatable bonds is 7. The van der Waals surface area contributed by atoms with Gasteiger partial charge in [0.15, 0.2) is 6.61 Å². The summed E-state index contributed by atoms with van der Waals surface area (Å²) in [6.07, 6.45) is 18.9. The Morgan fingerprint density at radius 2 is 1.84 bits per heavy atom. The number of allylic oxidation sites excluding steroid dienone is 2. The standard InChI is InChI=1S/C38H52N2O4/c1-6-38(42)19-16-32-30-13-12-28-24-29(14-17-35(28,4)31(30)15-18-36(32,38)5)40-44-25-33(41)39-22-20-37(27-10-8-7-9-11-27)21-23-43-34(2,3)26-37/h1,7-11,24,30-32,42H,12-23,25-26H2,2-5H3,(H,39,41)/t30-,31-,32+,35-,36+,37+,38-/m0/s1. The first-order chi connectivity index (χ1) is 20.9. The summed E-state index contributed by atoms with van der Waals surface area (Å²) in [5.41, 5.74) is 2.57. The first-order valence-electron chi connectivity index (χ1n) is 17.0. The van der Waals surface area contributed by atoms with Crippen molar-refractivity contribution in [3.05, 3.63) is 47.5 Å². The van der Waals surface area contributed by atoms with Crippen molar-refractivity contribution in [3.8, 4) is 12.3 Å². The van der Waals surface area contributed by atoms with E-state index in [1.165, 1.54) is 11.1 Å². The predicted molar refractivity (Wildman–Crippen MR) is 174 cm³/mol. The molecule has 4 aliphatic carbocycles. The zero-order valence-corrected chi connectivity index (χ0v) is 27.3. The summed E-state index contributed by atoms with van der Waals surface area (Å²) in [6, 6.07) is 10.7. The first-order valence-corrected chi connectivity index (χ1v) is 17.0. The van der Waals surface area contributed by atoms with E-state index in [0.29, 0.717) is 24.3 Å². The molecule has 5 aliphatic rings. The van der Waals surface area contributed by atoms with Crippen LogP contribution in [0.1, 0.15) is 104 Å². The fourth-order valence-electron chi connectivity index (χ4n) is 10.4. The quantitative estimate of drug-likeness (QED) is 0.269. The molecule has 238 valence electrons. The molecule has 7 atom stereocenters. The number of nitrogens with one attached hydrogen (secondary N) is 1. The van der Waals surface area contributed by atoms with Crippen LogP contribution in [-0.2, 0) is 19.8 Å². The predicted octanol–water partition coefficient (Wildman–Crippen LogP) is 6.72. The molecule has 0 unspecified atom stereocenters. The number of nitrogens with zero attached hydrogens (tertiary/aromatic N) is 1. The van der Waals surface area contributed by atoms with E-state index in [0.717, 1.165) is 82.9 Å². The molecule has 3 saturated carbocycles. The molecule has 1 amide bonds. The zero-order chi connectivity index (χ0) is 31.2. The number of carbonyl (C=O) groups is 1. The zero-order valence-electron chi connectivity index (χ0n) is 27.3. The van der Waals surface area contributed by atoms with E-state index in [4.69, 9.17) is 16.0 Å². The minimum Gasteiger partial charge on any atom is -0.385 e. The highest BCUT2D eigenvalue weighted by Gasteiger charge is 2.63. The number of benzene rings is 1. The maximum Gasteiger partial charge on any atom is 0.260 e. The Bertz CT molecular complexity index is 1350. The molecule has 1 saturated heterocycles. The molecule has 1 aliphatic heterocycles. The molecule has 6 heteroatoms. The molecular formula is C38H52N2O4. The number of amides is 1. The molecule has 6 rings (SSSR count). The lowest BCUT2D eigenvalue weighted by Crippen LogP contribution is -2.54. The largest absolute Gasteiger partial charge is 0.385 e. The van der Waals surface area contributed by atoms with E-state index in [2.05, 4.69) is 80.5 Å². The summed E-state index contributed by atoms with van der Waals surface area (Å²) < 4.78 is 6.04. The van der Waals surface area contributed by atoms with Gasteiger partial charge in [-0.2, -0.15) is 0 Å². The van der Waals surface area contributed by atoms with Gasteiger partial charge in [0.05, 0.1) is 11.3 Å². The van der Waals surface area contributed by atoms with E-state index in [-0.39, 0.29) is 34.4 Å². The average molecular weight is 601 g/mol. The second-order valence-electron chi connectivity index (χ2n) is 15.6. The Kier molecular flexibility index (Phi) is 8.29. The third kappa shape index (κ3) is 5.43. The van der Waals surface area contributed by atoms with E-state index in [9.17, 15) is 9.90 Å². The Hall–Kier alpha value is -2.62. The number of hydrogen-bond donors (Lipinski definition) is 2. The summed E-state index contributed by atoms with van der Waals surface area (Å²) in [4.78, 5) is 18.3. The van der Waals surface area contributed by atoms with Crippen LogP contribution in [0.2, 0.25) is 0 Å². The highest BCUT2D eigenvalue weighted by Crippen LogP contribution is 2.67. The van der Waals surface area contributed by atoms with Crippen molar-refractivity contribution in [2.24, 2.45) is 33.7 Å².